The van der Waals surface area contributed by atoms with Crippen LogP contribution in [-0.2, 0) is 9.53 Å². The molecule has 1 heterocycles. The molecule has 1 fully saturated rings. The van der Waals surface area contributed by atoms with Crippen molar-refractivity contribution in [2.75, 3.05) is 25.5 Å². The fraction of sp³-hybridized carbons (Fsp3) is 0.529. The standard InChI is InChI=1S/C17H24N2O3.ClH/c1-12(14-4-3-9-18-11-14)10-16(20)19-15-7-5-13(6-8-15)17(21)22-2;/h5-8,12,14,18H,3-4,9-11H2,1-2H3,(H,19,20);1H. The Morgan fingerprint density at radius 3 is 2.61 bits per heavy atom. The second kappa shape index (κ2) is 9.53. The smallest absolute Gasteiger partial charge is 0.337 e. The van der Waals surface area contributed by atoms with Crippen molar-refractivity contribution in [2.24, 2.45) is 11.8 Å². The summed E-state index contributed by atoms with van der Waals surface area (Å²) in [5.41, 5.74) is 1.17. The van der Waals surface area contributed by atoms with Crippen LogP contribution in [0.15, 0.2) is 24.3 Å². The third-order valence-corrected chi connectivity index (χ3v) is 4.24. The van der Waals surface area contributed by atoms with Gasteiger partial charge < -0.3 is 15.4 Å². The minimum Gasteiger partial charge on any atom is -0.465 e. The molecule has 23 heavy (non-hydrogen) atoms. The molecule has 6 heteroatoms. The van der Waals surface area contributed by atoms with Gasteiger partial charge in [0, 0.05) is 12.1 Å². The van der Waals surface area contributed by atoms with Crippen molar-refractivity contribution in [3.05, 3.63) is 29.8 Å². The van der Waals surface area contributed by atoms with Gasteiger partial charge >= 0.3 is 5.97 Å². The van der Waals surface area contributed by atoms with Crippen molar-refractivity contribution in [2.45, 2.75) is 26.2 Å². The second-order valence-electron chi connectivity index (χ2n) is 5.90. The van der Waals surface area contributed by atoms with Crippen LogP contribution in [0.2, 0.25) is 0 Å². The first kappa shape index (κ1) is 19.5. The van der Waals surface area contributed by atoms with Gasteiger partial charge in [0.25, 0.3) is 0 Å². The van der Waals surface area contributed by atoms with E-state index in [1.165, 1.54) is 20.0 Å². The van der Waals surface area contributed by atoms with Gasteiger partial charge in [-0.25, -0.2) is 4.79 Å². The van der Waals surface area contributed by atoms with Crippen molar-refractivity contribution in [3.8, 4) is 0 Å². The van der Waals surface area contributed by atoms with Crippen molar-refractivity contribution in [3.63, 3.8) is 0 Å². The molecule has 0 bridgehead atoms. The maximum Gasteiger partial charge on any atom is 0.337 e. The number of piperidine rings is 1. The van der Waals surface area contributed by atoms with Crippen LogP contribution < -0.4 is 10.6 Å². The summed E-state index contributed by atoms with van der Waals surface area (Å²) < 4.78 is 4.64. The molecular formula is C17H25ClN2O3. The van der Waals surface area contributed by atoms with Crippen LogP contribution >= 0.6 is 12.4 Å². The van der Waals surface area contributed by atoms with E-state index in [1.54, 1.807) is 24.3 Å². The molecule has 2 N–H and O–H groups in total. The Hall–Kier alpha value is -1.59. The van der Waals surface area contributed by atoms with E-state index in [9.17, 15) is 9.59 Å². The summed E-state index contributed by atoms with van der Waals surface area (Å²) in [5, 5.41) is 6.27. The Morgan fingerprint density at radius 1 is 1.35 bits per heavy atom. The first-order valence-corrected chi connectivity index (χ1v) is 7.79. The monoisotopic (exact) mass is 340 g/mol. The normalized spacial score (nSPS) is 18.4. The molecule has 1 aliphatic rings. The Bertz CT molecular complexity index is 513. The van der Waals surface area contributed by atoms with Crippen LogP contribution in [0.3, 0.4) is 0 Å². The molecule has 1 aromatic carbocycles. The predicted octanol–water partition coefficient (Wildman–Crippen LogP) is 2.86. The van der Waals surface area contributed by atoms with Gasteiger partial charge in [0.05, 0.1) is 12.7 Å². The van der Waals surface area contributed by atoms with Gasteiger partial charge in [-0.1, -0.05) is 6.92 Å². The fourth-order valence-electron chi connectivity index (χ4n) is 2.84. The molecule has 1 aromatic rings. The average molecular weight is 341 g/mol. The minimum absolute atomic E-state index is 0. The Balaban J connectivity index is 0.00000264. The molecule has 0 aliphatic carbocycles. The molecule has 128 valence electrons. The zero-order valence-electron chi connectivity index (χ0n) is 13.6. The molecule has 2 atom stereocenters. The van der Waals surface area contributed by atoms with Gasteiger partial charge in [-0.15, -0.1) is 12.4 Å². The van der Waals surface area contributed by atoms with Gasteiger partial charge in [0.15, 0.2) is 0 Å². The van der Waals surface area contributed by atoms with E-state index in [-0.39, 0.29) is 24.3 Å². The van der Waals surface area contributed by atoms with Crippen molar-refractivity contribution in [1.82, 2.24) is 5.32 Å². The second-order valence-corrected chi connectivity index (χ2v) is 5.90. The van der Waals surface area contributed by atoms with E-state index in [0.29, 0.717) is 29.5 Å². The summed E-state index contributed by atoms with van der Waals surface area (Å²) in [4.78, 5) is 23.5. The maximum absolute atomic E-state index is 12.1. The van der Waals surface area contributed by atoms with Crippen LogP contribution in [0.25, 0.3) is 0 Å². The average Bonchev–Trinajstić information content (AvgIpc) is 2.55. The quantitative estimate of drug-likeness (QED) is 0.809. The lowest BCUT2D eigenvalue weighted by atomic mass is 9.85. The lowest BCUT2D eigenvalue weighted by Gasteiger charge is -2.28. The largest absolute Gasteiger partial charge is 0.465 e. The number of ether oxygens (including phenoxy) is 1. The lowest BCUT2D eigenvalue weighted by molar-refractivity contribution is -0.117. The van der Waals surface area contributed by atoms with Crippen LogP contribution in [-0.4, -0.2) is 32.1 Å². The number of hydrogen-bond donors (Lipinski definition) is 2. The number of nitrogens with one attached hydrogen (secondary N) is 2. The first-order chi connectivity index (χ1) is 10.6. The molecule has 1 saturated heterocycles. The Kier molecular flexibility index (Phi) is 8.06. The Morgan fingerprint density at radius 2 is 2.04 bits per heavy atom. The maximum atomic E-state index is 12.1. The molecule has 2 unspecified atom stereocenters. The first-order valence-electron chi connectivity index (χ1n) is 7.79. The number of benzene rings is 1. The van der Waals surface area contributed by atoms with E-state index in [2.05, 4.69) is 22.3 Å². The summed E-state index contributed by atoms with van der Waals surface area (Å²) in [5.74, 6) is 0.573. The highest BCUT2D eigenvalue weighted by atomic mass is 35.5. The highest BCUT2D eigenvalue weighted by molar-refractivity contribution is 5.93. The third-order valence-electron chi connectivity index (χ3n) is 4.24. The number of halogens is 1. The van der Waals surface area contributed by atoms with Crippen LogP contribution in [0.1, 0.15) is 36.5 Å². The number of rotatable bonds is 5. The highest BCUT2D eigenvalue weighted by Gasteiger charge is 2.22. The lowest BCUT2D eigenvalue weighted by Crippen LogP contribution is -2.34. The molecule has 0 radical (unpaired) electrons. The summed E-state index contributed by atoms with van der Waals surface area (Å²) >= 11 is 0. The molecule has 1 aliphatic heterocycles. The zero-order chi connectivity index (χ0) is 15.9. The van der Waals surface area contributed by atoms with E-state index in [0.717, 1.165) is 13.1 Å². The Labute approximate surface area is 143 Å². The van der Waals surface area contributed by atoms with Gasteiger partial charge in [-0.2, -0.15) is 0 Å². The highest BCUT2D eigenvalue weighted by Crippen LogP contribution is 2.23. The number of hydrogen-bond acceptors (Lipinski definition) is 4. The number of carbonyl (C=O) groups excluding carboxylic acids is 2. The van der Waals surface area contributed by atoms with Crippen molar-refractivity contribution < 1.29 is 14.3 Å². The fourth-order valence-corrected chi connectivity index (χ4v) is 2.84. The summed E-state index contributed by atoms with van der Waals surface area (Å²) in [6.07, 6.45) is 2.89. The van der Waals surface area contributed by atoms with E-state index in [4.69, 9.17) is 0 Å². The third kappa shape index (κ3) is 5.84. The molecule has 0 spiro atoms. The summed E-state index contributed by atoms with van der Waals surface area (Å²) in [6, 6.07) is 6.74. The van der Waals surface area contributed by atoms with Crippen molar-refractivity contribution >= 4 is 30.0 Å². The van der Waals surface area contributed by atoms with Gasteiger partial charge in [-0.05, 0) is 62.0 Å². The van der Waals surface area contributed by atoms with Gasteiger partial charge in [-0.3, -0.25) is 4.79 Å². The molecule has 1 amide bonds. The summed E-state index contributed by atoms with van der Waals surface area (Å²) in [6.45, 7) is 4.22. The number of esters is 1. The predicted molar refractivity (Wildman–Crippen MR) is 93.0 cm³/mol. The molecular weight excluding hydrogens is 316 g/mol. The van der Waals surface area contributed by atoms with Gasteiger partial charge in [0.1, 0.15) is 0 Å². The van der Waals surface area contributed by atoms with Crippen molar-refractivity contribution in [1.29, 1.82) is 0 Å². The molecule has 5 nitrogen and oxygen atoms in total. The number of carbonyl (C=O) groups is 2. The SMILES string of the molecule is COC(=O)c1ccc(NC(=O)CC(C)C2CCCNC2)cc1.Cl. The molecule has 0 saturated carbocycles. The van der Waals surface area contributed by atoms with Crippen LogP contribution in [0.5, 0.6) is 0 Å². The van der Waals surface area contributed by atoms with E-state index < -0.39 is 0 Å². The number of methoxy groups -OCH3 is 1. The van der Waals surface area contributed by atoms with Crippen LogP contribution in [0, 0.1) is 11.8 Å². The summed E-state index contributed by atoms with van der Waals surface area (Å²) in [7, 11) is 1.35. The topological polar surface area (TPSA) is 67.4 Å². The molecule has 0 aromatic heterocycles. The van der Waals surface area contributed by atoms with Crippen LogP contribution in [0.4, 0.5) is 5.69 Å². The number of amides is 1. The van der Waals surface area contributed by atoms with E-state index in [1.807, 2.05) is 0 Å². The minimum atomic E-state index is -0.378. The van der Waals surface area contributed by atoms with E-state index >= 15 is 0 Å². The van der Waals surface area contributed by atoms with Gasteiger partial charge in [0.2, 0.25) is 5.91 Å². The molecule has 2 rings (SSSR count). The number of anilines is 1. The zero-order valence-corrected chi connectivity index (χ0v) is 14.4.